The number of amides is 2. The van der Waals surface area contributed by atoms with E-state index in [9.17, 15) is 14.0 Å². The van der Waals surface area contributed by atoms with Crippen molar-refractivity contribution in [3.05, 3.63) is 106 Å². The molecular formula is C29H26BrFN6O3S. The van der Waals surface area contributed by atoms with Gasteiger partial charge in [0.1, 0.15) is 11.6 Å². The van der Waals surface area contributed by atoms with Crippen molar-refractivity contribution in [2.75, 3.05) is 12.9 Å². The number of nitrogens with one attached hydrogen (secondary N) is 1. The summed E-state index contributed by atoms with van der Waals surface area (Å²) in [5.41, 5.74) is 2.68. The number of ether oxygens (including phenoxy) is 1. The lowest BCUT2D eigenvalue weighted by Gasteiger charge is -2.22. The molecule has 5 rings (SSSR count). The van der Waals surface area contributed by atoms with E-state index in [2.05, 4.69) is 31.4 Å². The maximum Gasteiger partial charge on any atom is 0.254 e. The third-order valence-corrected chi connectivity index (χ3v) is 8.15. The number of hydrogen-bond acceptors (Lipinski definition) is 7. The van der Waals surface area contributed by atoms with E-state index in [0.717, 1.165) is 27.1 Å². The Morgan fingerprint density at radius 2 is 1.80 bits per heavy atom. The maximum atomic E-state index is 13.9. The van der Waals surface area contributed by atoms with Crippen molar-refractivity contribution in [3.63, 3.8) is 0 Å². The molecule has 1 aliphatic heterocycles. The van der Waals surface area contributed by atoms with Gasteiger partial charge in [0.15, 0.2) is 11.0 Å². The van der Waals surface area contributed by atoms with Gasteiger partial charge in [-0.1, -0.05) is 64.1 Å². The molecule has 1 aliphatic rings. The van der Waals surface area contributed by atoms with Crippen molar-refractivity contribution in [2.24, 2.45) is 12.1 Å². The topological polar surface area (TPSA) is 102 Å². The standard InChI is InChI=1S/C29H26BrFN6O3S/c1-36-26(16-32-28(39)22-5-3-4-6-23(22)31)33-34-29(36)41-17-27(38)37-25(19-9-13-21(40-2)14-10-19)15-24(35-37)18-7-11-20(30)12-8-18/h3-14,25H,15-17H2,1-2H3,(H,32,39). The molecule has 9 nitrogen and oxygen atoms in total. The maximum absolute atomic E-state index is 13.9. The van der Waals surface area contributed by atoms with E-state index >= 15 is 0 Å². The van der Waals surface area contributed by atoms with Crippen molar-refractivity contribution in [3.8, 4) is 5.75 Å². The summed E-state index contributed by atoms with van der Waals surface area (Å²) in [4.78, 5) is 25.9. The second-order valence-electron chi connectivity index (χ2n) is 9.19. The first-order chi connectivity index (χ1) is 19.8. The number of thioether (sulfide) groups is 1. The molecule has 0 bridgehead atoms. The summed E-state index contributed by atoms with van der Waals surface area (Å²) in [5.74, 6) is -0.0422. The monoisotopic (exact) mass is 636 g/mol. The summed E-state index contributed by atoms with van der Waals surface area (Å²) in [6.07, 6.45) is 0.570. The van der Waals surface area contributed by atoms with Gasteiger partial charge in [0, 0.05) is 17.9 Å². The van der Waals surface area contributed by atoms with Crippen molar-refractivity contribution in [1.29, 1.82) is 0 Å². The first-order valence-electron chi connectivity index (χ1n) is 12.7. The van der Waals surface area contributed by atoms with Gasteiger partial charge < -0.3 is 14.6 Å². The highest BCUT2D eigenvalue weighted by Crippen LogP contribution is 2.34. The van der Waals surface area contributed by atoms with Crippen molar-refractivity contribution >= 4 is 45.2 Å². The van der Waals surface area contributed by atoms with Gasteiger partial charge in [-0.25, -0.2) is 9.40 Å². The molecule has 41 heavy (non-hydrogen) atoms. The third-order valence-electron chi connectivity index (χ3n) is 6.62. The van der Waals surface area contributed by atoms with Crippen LogP contribution in [-0.2, 0) is 18.4 Å². The van der Waals surface area contributed by atoms with Gasteiger partial charge >= 0.3 is 0 Å². The van der Waals surface area contributed by atoms with Gasteiger partial charge in [-0.05, 0) is 47.5 Å². The number of carbonyl (C=O) groups is 2. The van der Waals surface area contributed by atoms with Gasteiger partial charge in [0.2, 0.25) is 0 Å². The molecule has 0 aliphatic carbocycles. The van der Waals surface area contributed by atoms with E-state index in [-0.39, 0.29) is 29.8 Å². The molecular weight excluding hydrogens is 611 g/mol. The highest BCUT2D eigenvalue weighted by atomic mass is 79.9. The van der Waals surface area contributed by atoms with Gasteiger partial charge in [0.25, 0.3) is 11.8 Å². The van der Waals surface area contributed by atoms with Gasteiger partial charge in [-0.15, -0.1) is 10.2 Å². The third kappa shape index (κ3) is 6.49. The Morgan fingerprint density at radius 3 is 2.51 bits per heavy atom. The lowest BCUT2D eigenvalue weighted by atomic mass is 9.98. The molecule has 210 valence electrons. The number of aromatic nitrogens is 3. The van der Waals surface area contributed by atoms with Gasteiger partial charge in [-0.3, -0.25) is 9.59 Å². The molecule has 2 heterocycles. The Bertz CT molecular complexity index is 1590. The summed E-state index contributed by atoms with van der Waals surface area (Å²) in [5, 5.41) is 17.7. The van der Waals surface area contributed by atoms with Crippen LogP contribution in [0.15, 0.2) is 87.5 Å². The Kier molecular flexibility index (Phi) is 8.79. The molecule has 1 unspecified atom stereocenters. The minimum atomic E-state index is -0.599. The zero-order valence-corrected chi connectivity index (χ0v) is 24.7. The van der Waals surface area contributed by atoms with Crippen LogP contribution in [-0.4, -0.2) is 50.2 Å². The van der Waals surface area contributed by atoms with Crippen LogP contribution in [0.2, 0.25) is 0 Å². The van der Waals surface area contributed by atoms with Crippen LogP contribution in [0.5, 0.6) is 5.75 Å². The summed E-state index contributed by atoms with van der Waals surface area (Å²) in [7, 11) is 3.36. The number of hydrazone groups is 1. The second-order valence-corrected chi connectivity index (χ2v) is 11.1. The fraction of sp³-hybridized carbons (Fsp3) is 0.207. The SMILES string of the molecule is COc1ccc(C2CC(c3ccc(Br)cc3)=NN2C(=O)CSc2nnc(CNC(=O)c3ccccc3F)n2C)cc1. The number of methoxy groups -OCH3 is 1. The minimum Gasteiger partial charge on any atom is -0.497 e. The zero-order chi connectivity index (χ0) is 28.9. The van der Waals surface area contributed by atoms with E-state index in [1.165, 1.54) is 35.0 Å². The fourth-order valence-corrected chi connectivity index (χ4v) is 5.41. The predicted octanol–water partition coefficient (Wildman–Crippen LogP) is 5.13. The summed E-state index contributed by atoms with van der Waals surface area (Å²) >= 11 is 4.69. The molecule has 0 fully saturated rings. The lowest BCUT2D eigenvalue weighted by Crippen LogP contribution is -2.28. The molecule has 1 aromatic heterocycles. The summed E-state index contributed by atoms with van der Waals surface area (Å²) in [6, 6.07) is 21.0. The number of halogens is 2. The average Bonchev–Trinajstić information content (AvgIpc) is 3.59. The number of rotatable bonds is 9. The summed E-state index contributed by atoms with van der Waals surface area (Å²) < 4.78 is 21.9. The van der Waals surface area contributed by atoms with E-state index in [1.54, 1.807) is 24.8 Å². The van der Waals surface area contributed by atoms with E-state index in [4.69, 9.17) is 9.84 Å². The Morgan fingerprint density at radius 1 is 1.07 bits per heavy atom. The molecule has 0 spiro atoms. The second kappa shape index (κ2) is 12.6. The van der Waals surface area contributed by atoms with Crippen LogP contribution in [0.1, 0.15) is 39.8 Å². The largest absolute Gasteiger partial charge is 0.497 e. The molecule has 0 saturated carbocycles. The first-order valence-corrected chi connectivity index (χ1v) is 14.4. The smallest absolute Gasteiger partial charge is 0.254 e. The predicted molar refractivity (Wildman–Crippen MR) is 157 cm³/mol. The van der Waals surface area contributed by atoms with Crippen molar-refractivity contribution in [1.82, 2.24) is 25.1 Å². The zero-order valence-electron chi connectivity index (χ0n) is 22.3. The van der Waals surface area contributed by atoms with Crippen LogP contribution in [0.3, 0.4) is 0 Å². The van der Waals surface area contributed by atoms with Crippen LogP contribution in [0.4, 0.5) is 4.39 Å². The van der Waals surface area contributed by atoms with Gasteiger partial charge in [-0.2, -0.15) is 5.10 Å². The molecule has 0 radical (unpaired) electrons. The van der Waals surface area contributed by atoms with E-state index in [1.807, 2.05) is 48.5 Å². The molecule has 0 saturated heterocycles. The molecule has 2 amide bonds. The highest BCUT2D eigenvalue weighted by Gasteiger charge is 2.33. The molecule has 12 heteroatoms. The number of carbonyl (C=O) groups excluding carboxylic acids is 2. The van der Waals surface area contributed by atoms with E-state index in [0.29, 0.717) is 17.4 Å². The van der Waals surface area contributed by atoms with Crippen molar-refractivity contribution < 1.29 is 18.7 Å². The normalized spacial score (nSPS) is 14.6. The van der Waals surface area contributed by atoms with Crippen molar-refractivity contribution in [2.45, 2.75) is 24.2 Å². The molecule has 4 aromatic rings. The average molecular weight is 638 g/mol. The molecule has 1 atom stereocenters. The number of hydrogen-bond donors (Lipinski definition) is 1. The van der Waals surface area contributed by atoms with Crippen LogP contribution in [0.25, 0.3) is 0 Å². The van der Waals surface area contributed by atoms with Crippen LogP contribution in [0, 0.1) is 5.82 Å². The van der Waals surface area contributed by atoms with Gasteiger partial charge in [0.05, 0.1) is 36.7 Å². The Balaban J connectivity index is 1.27. The first kappa shape index (κ1) is 28.5. The quantitative estimate of drug-likeness (QED) is 0.256. The lowest BCUT2D eigenvalue weighted by molar-refractivity contribution is -0.130. The van der Waals surface area contributed by atoms with Crippen LogP contribution < -0.4 is 10.1 Å². The molecule has 1 N–H and O–H groups in total. The Hall–Kier alpha value is -4.03. The van der Waals surface area contributed by atoms with E-state index < -0.39 is 11.7 Å². The number of benzene rings is 3. The van der Waals surface area contributed by atoms with Crippen LogP contribution >= 0.6 is 27.7 Å². The minimum absolute atomic E-state index is 0.0463. The number of nitrogens with zero attached hydrogens (tertiary/aromatic N) is 5. The Labute approximate surface area is 248 Å². The summed E-state index contributed by atoms with van der Waals surface area (Å²) in [6.45, 7) is 0.0533. The molecule has 3 aromatic carbocycles. The fourth-order valence-electron chi connectivity index (χ4n) is 4.36. The highest BCUT2D eigenvalue weighted by molar-refractivity contribution is 9.10.